The van der Waals surface area contributed by atoms with Crippen molar-refractivity contribution in [2.45, 2.75) is 19.9 Å². The number of carbonyl (C=O) groups is 1. The summed E-state index contributed by atoms with van der Waals surface area (Å²) >= 11 is 2.54. The fraction of sp³-hybridized carbons (Fsp3) is 0.211. The summed E-state index contributed by atoms with van der Waals surface area (Å²) in [5, 5.41) is 12.7. The van der Waals surface area contributed by atoms with E-state index >= 15 is 0 Å². The summed E-state index contributed by atoms with van der Waals surface area (Å²) in [6, 6.07) is 5.67. The zero-order valence-electron chi connectivity index (χ0n) is 15.9. The van der Waals surface area contributed by atoms with Gasteiger partial charge < -0.3 is 9.15 Å². The lowest BCUT2D eigenvalue weighted by Crippen LogP contribution is -2.39. The summed E-state index contributed by atoms with van der Waals surface area (Å²) in [5.41, 5.74) is 0.422. The number of carbonyl (C=O) groups excluding carboxylic acids is 1. The maximum absolute atomic E-state index is 13.2. The van der Waals surface area contributed by atoms with E-state index in [2.05, 4.69) is 4.99 Å². The van der Waals surface area contributed by atoms with Crippen LogP contribution in [0, 0.1) is 10.1 Å². The summed E-state index contributed by atoms with van der Waals surface area (Å²) in [6.07, 6.45) is 1.44. The molecule has 4 rings (SSSR count). The average Bonchev–Trinajstić information content (AvgIpc) is 3.43. The molecule has 0 N–H and O–H groups in total. The third-order valence-corrected chi connectivity index (χ3v) is 6.30. The number of aromatic nitrogens is 1. The van der Waals surface area contributed by atoms with Gasteiger partial charge in [-0.15, -0.1) is 11.3 Å². The number of hydrogen-bond acceptors (Lipinski definition) is 9. The predicted molar refractivity (Wildman–Crippen MR) is 110 cm³/mol. The summed E-state index contributed by atoms with van der Waals surface area (Å²) in [6.45, 7) is 3.63. The first kappa shape index (κ1) is 20.0. The van der Waals surface area contributed by atoms with Gasteiger partial charge in [-0.1, -0.05) is 17.4 Å². The monoisotopic (exact) mass is 445 g/mol. The van der Waals surface area contributed by atoms with Crippen LogP contribution in [0.15, 0.2) is 55.1 Å². The average molecular weight is 445 g/mol. The van der Waals surface area contributed by atoms with Crippen molar-refractivity contribution in [3.05, 3.63) is 81.4 Å². The molecule has 1 aliphatic heterocycles. The third-order valence-electron chi connectivity index (χ3n) is 4.40. The van der Waals surface area contributed by atoms with E-state index in [4.69, 9.17) is 9.15 Å². The van der Waals surface area contributed by atoms with Crippen molar-refractivity contribution < 1.29 is 18.9 Å². The molecule has 30 heavy (non-hydrogen) atoms. The Labute approximate surface area is 177 Å². The van der Waals surface area contributed by atoms with Gasteiger partial charge in [0.05, 0.1) is 28.5 Å². The van der Waals surface area contributed by atoms with Crippen molar-refractivity contribution in [3.8, 4) is 0 Å². The van der Waals surface area contributed by atoms with Crippen molar-refractivity contribution in [1.82, 2.24) is 4.57 Å². The molecule has 0 spiro atoms. The van der Waals surface area contributed by atoms with Crippen molar-refractivity contribution in [1.29, 1.82) is 0 Å². The second kappa shape index (κ2) is 7.84. The number of ether oxygens (including phenoxy) is 1. The molecule has 3 aromatic rings. The number of thiophene rings is 1. The largest absolute Gasteiger partial charge is 0.463 e. The van der Waals surface area contributed by atoms with Gasteiger partial charge in [0.15, 0.2) is 4.80 Å². The predicted octanol–water partition coefficient (Wildman–Crippen LogP) is 2.36. The van der Waals surface area contributed by atoms with E-state index in [1.54, 1.807) is 13.8 Å². The number of thiazole rings is 1. The number of furan rings is 1. The van der Waals surface area contributed by atoms with E-state index in [0.717, 1.165) is 16.2 Å². The molecule has 11 heteroatoms. The topological polar surface area (TPSA) is 117 Å². The Morgan fingerprint density at radius 2 is 2.23 bits per heavy atom. The second-order valence-electron chi connectivity index (χ2n) is 6.25. The highest BCUT2D eigenvalue weighted by Crippen LogP contribution is 2.33. The highest BCUT2D eigenvalue weighted by Gasteiger charge is 2.33. The van der Waals surface area contributed by atoms with Gasteiger partial charge in [-0.2, -0.15) is 0 Å². The van der Waals surface area contributed by atoms with Gasteiger partial charge in [-0.25, -0.2) is 9.79 Å². The molecule has 0 saturated heterocycles. The first-order valence-corrected chi connectivity index (χ1v) is 10.6. The SMILES string of the molecule is CCOC(=O)C1=C(C)N=c2s/c(=C/c3ccc([N+](=O)[O-])o3)c(=O)n2[C@@H]1c1cccs1. The fourth-order valence-corrected chi connectivity index (χ4v) is 5.00. The smallest absolute Gasteiger partial charge is 0.433 e. The molecule has 1 atom stereocenters. The molecule has 0 saturated carbocycles. The first-order chi connectivity index (χ1) is 14.4. The van der Waals surface area contributed by atoms with E-state index < -0.39 is 22.8 Å². The van der Waals surface area contributed by atoms with Crippen LogP contribution in [0.4, 0.5) is 5.88 Å². The fourth-order valence-electron chi connectivity index (χ4n) is 3.15. The molecular formula is C19H15N3O6S2. The van der Waals surface area contributed by atoms with Crippen LogP contribution < -0.4 is 14.9 Å². The van der Waals surface area contributed by atoms with Gasteiger partial charge in [-0.3, -0.25) is 19.5 Å². The molecule has 0 unspecified atom stereocenters. The van der Waals surface area contributed by atoms with Gasteiger partial charge in [0.25, 0.3) is 5.56 Å². The lowest BCUT2D eigenvalue weighted by molar-refractivity contribution is -0.402. The minimum absolute atomic E-state index is 0.181. The van der Waals surface area contributed by atoms with E-state index in [-0.39, 0.29) is 22.5 Å². The Bertz CT molecular complexity index is 1340. The third kappa shape index (κ3) is 3.42. The molecule has 1 aliphatic rings. The number of esters is 1. The molecular weight excluding hydrogens is 430 g/mol. The molecule has 0 aromatic carbocycles. The maximum atomic E-state index is 13.2. The summed E-state index contributed by atoms with van der Waals surface area (Å²) in [4.78, 5) is 41.8. The Hall–Kier alpha value is -3.31. The quantitative estimate of drug-likeness (QED) is 0.338. The lowest BCUT2D eigenvalue weighted by Gasteiger charge is -2.23. The van der Waals surface area contributed by atoms with Crippen LogP contribution in [0.1, 0.15) is 30.5 Å². The Kier molecular flexibility index (Phi) is 5.22. The second-order valence-corrected chi connectivity index (χ2v) is 8.24. The molecule has 0 radical (unpaired) electrons. The van der Waals surface area contributed by atoms with E-state index in [9.17, 15) is 19.7 Å². The Morgan fingerprint density at radius 3 is 2.87 bits per heavy atom. The van der Waals surface area contributed by atoms with Crippen LogP contribution in [0.25, 0.3) is 6.08 Å². The van der Waals surface area contributed by atoms with Crippen molar-refractivity contribution in [2.24, 2.45) is 4.99 Å². The highest BCUT2D eigenvalue weighted by atomic mass is 32.1. The Balaban J connectivity index is 1.91. The molecule has 0 aliphatic carbocycles. The molecule has 0 fully saturated rings. The normalized spacial score (nSPS) is 16.3. The lowest BCUT2D eigenvalue weighted by atomic mass is 10.0. The minimum Gasteiger partial charge on any atom is -0.463 e. The summed E-state index contributed by atoms with van der Waals surface area (Å²) in [7, 11) is 0. The van der Waals surface area contributed by atoms with E-state index in [1.165, 1.54) is 34.1 Å². The van der Waals surface area contributed by atoms with E-state index in [1.807, 2.05) is 17.5 Å². The maximum Gasteiger partial charge on any atom is 0.433 e. The number of nitrogens with zero attached hydrogens (tertiary/aromatic N) is 3. The van der Waals surface area contributed by atoms with E-state index in [0.29, 0.717) is 16.1 Å². The molecule has 4 heterocycles. The van der Waals surface area contributed by atoms with Gasteiger partial charge in [0.1, 0.15) is 16.7 Å². The molecule has 9 nitrogen and oxygen atoms in total. The van der Waals surface area contributed by atoms with Crippen LogP contribution >= 0.6 is 22.7 Å². The first-order valence-electron chi connectivity index (χ1n) is 8.88. The van der Waals surface area contributed by atoms with Crippen molar-refractivity contribution in [2.75, 3.05) is 6.61 Å². The van der Waals surface area contributed by atoms with Crippen LogP contribution in [-0.2, 0) is 9.53 Å². The van der Waals surface area contributed by atoms with Gasteiger partial charge in [0.2, 0.25) is 0 Å². The van der Waals surface area contributed by atoms with Crippen molar-refractivity contribution >= 4 is 40.6 Å². The van der Waals surface area contributed by atoms with Crippen molar-refractivity contribution in [3.63, 3.8) is 0 Å². The number of hydrogen-bond donors (Lipinski definition) is 0. The van der Waals surface area contributed by atoms with Gasteiger partial charge in [0, 0.05) is 11.0 Å². The number of fused-ring (bicyclic) bond motifs is 1. The highest BCUT2D eigenvalue weighted by molar-refractivity contribution is 7.10. The summed E-state index contributed by atoms with van der Waals surface area (Å²) in [5.74, 6) is -0.750. The van der Waals surface area contributed by atoms with Gasteiger partial charge >= 0.3 is 11.9 Å². The summed E-state index contributed by atoms with van der Waals surface area (Å²) < 4.78 is 12.1. The minimum atomic E-state index is -0.659. The molecule has 154 valence electrons. The van der Waals surface area contributed by atoms with Crippen LogP contribution in [0.2, 0.25) is 0 Å². The molecule has 0 amide bonds. The zero-order valence-corrected chi connectivity index (χ0v) is 17.5. The van der Waals surface area contributed by atoms with Crippen LogP contribution in [-0.4, -0.2) is 22.1 Å². The number of allylic oxidation sites excluding steroid dienone is 1. The molecule has 3 aromatic heterocycles. The molecule has 0 bridgehead atoms. The van der Waals surface area contributed by atoms with Crippen LogP contribution in [0.5, 0.6) is 0 Å². The number of nitro groups is 1. The van der Waals surface area contributed by atoms with Gasteiger partial charge in [-0.05, 0) is 31.4 Å². The number of rotatable bonds is 5. The standard InChI is InChI=1S/C19H15N3O6S2/c1-3-27-18(24)15-10(2)20-19-21(16(15)12-5-4-8-29-12)17(23)13(30-19)9-11-6-7-14(28-11)22(25)26/h4-9,16H,3H2,1-2H3/b13-9+/t16-/m1/s1. The van der Waals surface area contributed by atoms with Crippen LogP contribution in [0.3, 0.4) is 0 Å². The Morgan fingerprint density at radius 1 is 1.43 bits per heavy atom. The zero-order chi connectivity index (χ0) is 21.4.